The summed E-state index contributed by atoms with van der Waals surface area (Å²) in [5.41, 5.74) is 3.18. The zero-order valence-corrected chi connectivity index (χ0v) is 15.7. The topological polar surface area (TPSA) is 67.4 Å². The maximum Gasteiger partial charge on any atom is 0.291 e. The van der Waals surface area contributed by atoms with Crippen LogP contribution in [-0.2, 0) is 11.2 Å². The lowest BCUT2D eigenvalue weighted by molar-refractivity contribution is -0.115. The summed E-state index contributed by atoms with van der Waals surface area (Å²) >= 11 is 0. The zero-order chi connectivity index (χ0) is 20.1. The second kappa shape index (κ2) is 8.44. The molecular weight excluding hydrogens is 364 g/mol. The highest BCUT2D eigenvalue weighted by Gasteiger charge is 2.21. The van der Waals surface area contributed by atoms with E-state index in [0.717, 1.165) is 12.0 Å². The highest BCUT2D eigenvalue weighted by atomic mass is 16.5. The van der Waals surface area contributed by atoms with Gasteiger partial charge in [0.2, 0.25) is 0 Å². The van der Waals surface area contributed by atoms with Crippen LogP contribution in [0.1, 0.15) is 21.5 Å². The number of para-hydroxylation sites is 2. The Bertz CT molecular complexity index is 1060. The van der Waals surface area contributed by atoms with E-state index in [-0.39, 0.29) is 17.6 Å². The molecular formula is C24H20N2O3. The molecule has 0 radical (unpaired) electrons. The van der Waals surface area contributed by atoms with Gasteiger partial charge in [0.25, 0.3) is 11.8 Å². The van der Waals surface area contributed by atoms with Gasteiger partial charge in [-0.15, -0.1) is 0 Å². The Balaban J connectivity index is 1.38. The minimum atomic E-state index is -0.300. The van der Waals surface area contributed by atoms with Gasteiger partial charge in [0.05, 0.1) is 5.69 Å². The van der Waals surface area contributed by atoms with Crippen molar-refractivity contribution < 1.29 is 14.3 Å². The second-order valence-corrected chi connectivity index (χ2v) is 6.67. The highest BCUT2D eigenvalue weighted by Crippen LogP contribution is 2.30. The number of anilines is 1. The number of carbonyl (C=O) groups is 2. The lowest BCUT2D eigenvalue weighted by Crippen LogP contribution is -2.25. The van der Waals surface area contributed by atoms with Crippen LogP contribution in [-0.4, -0.2) is 18.4 Å². The van der Waals surface area contributed by atoms with Crippen molar-refractivity contribution in [3.05, 3.63) is 101 Å². The number of amides is 2. The van der Waals surface area contributed by atoms with Crippen molar-refractivity contribution in [2.24, 2.45) is 0 Å². The van der Waals surface area contributed by atoms with Gasteiger partial charge in [-0.05, 0) is 47.9 Å². The predicted octanol–water partition coefficient (Wildman–Crippen LogP) is 4.03. The minimum Gasteiger partial charge on any atom is -0.449 e. The average molecular weight is 384 g/mol. The van der Waals surface area contributed by atoms with Crippen LogP contribution in [0, 0.1) is 0 Å². The third-order valence-corrected chi connectivity index (χ3v) is 4.59. The number of rotatable bonds is 5. The van der Waals surface area contributed by atoms with Gasteiger partial charge in [-0.1, -0.05) is 54.6 Å². The van der Waals surface area contributed by atoms with Crippen molar-refractivity contribution in [1.82, 2.24) is 5.32 Å². The fourth-order valence-electron chi connectivity index (χ4n) is 3.05. The summed E-state index contributed by atoms with van der Waals surface area (Å²) < 4.78 is 5.69. The third kappa shape index (κ3) is 4.52. The van der Waals surface area contributed by atoms with E-state index in [1.165, 1.54) is 5.56 Å². The molecule has 1 aliphatic rings. The van der Waals surface area contributed by atoms with E-state index in [2.05, 4.69) is 10.6 Å². The standard InChI is InChI=1S/C24H20N2O3/c27-23(25-15-14-17-6-2-1-3-7-17)19-12-10-18(11-13-19)16-22-24(28)26-20-8-4-5-9-21(20)29-22/h1-13,16H,14-15H2,(H,25,27)(H,26,28)/b22-16+. The fraction of sp³-hybridized carbons (Fsp3) is 0.0833. The first-order valence-corrected chi connectivity index (χ1v) is 9.41. The van der Waals surface area contributed by atoms with Crippen molar-refractivity contribution in [3.63, 3.8) is 0 Å². The SMILES string of the molecule is O=C1Nc2ccccc2O/C1=C/c1ccc(C(=O)NCCc2ccccc2)cc1. The van der Waals surface area contributed by atoms with E-state index in [4.69, 9.17) is 4.74 Å². The van der Waals surface area contributed by atoms with Crippen LogP contribution < -0.4 is 15.4 Å². The molecule has 0 aromatic heterocycles. The molecule has 0 bridgehead atoms. The van der Waals surface area contributed by atoms with Crippen LogP contribution in [0.15, 0.2) is 84.6 Å². The van der Waals surface area contributed by atoms with Gasteiger partial charge in [0.1, 0.15) is 0 Å². The molecule has 5 heteroatoms. The van der Waals surface area contributed by atoms with Crippen molar-refractivity contribution in [2.45, 2.75) is 6.42 Å². The van der Waals surface area contributed by atoms with E-state index in [1.54, 1.807) is 42.5 Å². The molecule has 2 amide bonds. The Morgan fingerprint density at radius 3 is 2.45 bits per heavy atom. The Hall–Kier alpha value is -3.86. The number of ether oxygens (including phenoxy) is 1. The summed E-state index contributed by atoms with van der Waals surface area (Å²) in [6.45, 7) is 0.571. The molecule has 1 heterocycles. The Labute approximate surface area is 169 Å². The van der Waals surface area contributed by atoms with Gasteiger partial charge >= 0.3 is 0 Å². The van der Waals surface area contributed by atoms with Gasteiger partial charge in [0, 0.05) is 12.1 Å². The van der Waals surface area contributed by atoms with Gasteiger partial charge in [0.15, 0.2) is 11.5 Å². The lowest BCUT2D eigenvalue weighted by atomic mass is 10.1. The molecule has 5 nitrogen and oxygen atoms in total. The molecule has 0 atom stereocenters. The molecule has 144 valence electrons. The quantitative estimate of drug-likeness (QED) is 0.653. The number of nitrogens with one attached hydrogen (secondary N) is 2. The van der Waals surface area contributed by atoms with E-state index in [9.17, 15) is 9.59 Å². The van der Waals surface area contributed by atoms with Crippen LogP contribution >= 0.6 is 0 Å². The highest BCUT2D eigenvalue weighted by molar-refractivity contribution is 6.08. The largest absolute Gasteiger partial charge is 0.449 e. The molecule has 29 heavy (non-hydrogen) atoms. The van der Waals surface area contributed by atoms with E-state index in [1.807, 2.05) is 42.5 Å². The van der Waals surface area contributed by atoms with Crippen LogP contribution in [0.25, 0.3) is 6.08 Å². The Kier molecular flexibility index (Phi) is 5.38. The molecule has 0 unspecified atom stereocenters. The number of carbonyl (C=O) groups excluding carboxylic acids is 2. The second-order valence-electron chi connectivity index (χ2n) is 6.67. The number of fused-ring (bicyclic) bond motifs is 1. The molecule has 0 saturated heterocycles. The normalized spacial score (nSPS) is 13.9. The molecule has 3 aromatic rings. The zero-order valence-electron chi connectivity index (χ0n) is 15.7. The minimum absolute atomic E-state index is 0.124. The summed E-state index contributed by atoms with van der Waals surface area (Å²) in [4.78, 5) is 24.5. The van der Waals surface area contributed by atoms with E-state index in [0.29, 0.717) is 23.5 Å². The first kappa shape index (κ1) is 18.5. The smallest absolute Gasteiger partial charge is 0.291 e. The van der Waals surface area contributed by atoms with Gasteiger partial charge in [-0.25, -0.2) is 0 Å². The summed E-state index contributed by atoms with van der Waals surface area (Å²) in [6.07, 6.45) is 2.44. The lowest BCUT2D eigenvalue weighted by Gasteiger charge is -2.19. The number of hydrogen-bond donors (Lipinski definition) is 2. The van der Waals surface area contributed by atoms with Gasteiger partial charge in [-0.3, -0.25) is 9.59 Å². The molecule has 0 saturated carbocycles. The summed E-state index contributed by atoms with van der Waals surface area (Å²) in [5, 5.41) is 5.72. The molecule has 2 N–H and O–H groups in total. The maximum absolute atomic E-state index is 12.3. The molecule has 4 rings (SSSR count). The van der Waals surface area contributed by atoms with Crippen molar-refractivity contribution >= 4 is 23.6 Å². The molecule has 3 aromatic carbocycles. The summed E-state index contributed by atoms with van der Waals surface area (Å²) in [6, 6.07) is 24.3. The molecule has 0 aliphatic carbocycles. The predicted molar refractivity (Wildman–Crippen MR) is 113 cm³/mol. The first-order chi connectivity index (χ1) is 14.2. The van der Waals surface area contributed by atoms with Crippen LogP contribution in [0.3, 0.4) is 0 Å². The number of benzene rings is 3. The first-order valence-electron chi connectivity index (χ1n) is 9.41. The number of hydrogen-bond acceptors (Lipinski definition) is 3. The average Bonchev–Trinajstić information content (AvgIpc) is 2.75. The van der Waals surface area contributed by atoms with Crippen LogP contribution in [0.5, 0.6) is 5.75 Å². The molecule has 0 fully saturated rings. The summed E-state index contributed by atoms with van der Waals surface area (Å²) in [7, 11) is 0. The van der Waals surface area contributed by atoms with Gasteiger partial charge in [-0.2, -0.15) is 0 Å². The monoisotopic (exact) mass is 384 g/mol. The Morgan fingerprint density at radius 1 is 0.931 bits per heavy atom. The van der Waals surface area contributed by atoms with E-state index < -0.39 is 0 Å². The Morgan fingerprint density at radius 2 is 1.66 bits per heavy atom. The van der Waals surface area contributed by atoms with E-state index >= 15 is 0 Å². The molecule has 1 aliphatic heterocycles. The molecule has 0 spiro atoms. The van der Waals surface area contributed by atoms with Crippen molar-refractivity contribution in [3.8, 4) is 5.75 Å². The third-order valence-electron chi connectivity index (χ3n) is 4.59. The van der Waals surface area contributed by atoms with Crippen LogP contribution in [0.4, 0.5) is 5.69 Å². The van der Waals surface area contributed by atoms with Crippen LogP contribution in [0.2, 0.25) is 0 Å². The summed E-state index contributed by atoms with van der Waals surface area (Å²) in [5.74, 6) is 0.392. The fourth-order valence-corrected chi connectivity index (χ4v) is 3.05. The van der Waals surface area contributed by atoms with Gasteiger partial charge < -0.3 is 15.4 Å². The van der Waals surface area contributed by atoms with Crippen molar-refractivity contribution in [1.29, 1.82) is 0 Å². The van der Waals surface area contributed by atoms with Crippen molar-refractivity contribution in [2.75, 3.05) is 11.9 Å². The maximum atomic E-state index is 12.3.